The predicted octanol–water partition coefficient (Wildman–Crippen LogP) is 3.08. The number of hydrogen-bond donors (Lipinski definition) is 0. The number of nitrogens with zero attached hydrogens (tertiary/aromatic N) is 8. The van der Waals surface area contributed by atoms with Gasteiger partial charge >= 0.3 is 0 Å². The van der Waals surface area contributed by atoms with Crippen LogP contribution >= 0.6 is 0 Å². The first kappa shape index (κ1) is 20.2. The van der Waals surface area contributed by atoms with Gasteiger partial charge in [0.25, 0.3) is 5.91 Å². The molecule has 5 aromatic rings. The summed E-state index contributed by atoms with van der Waals surface area (Å²) in [6.07, 6.45) is 9.02. The van der Waals surface area contributed by atoms with E-state index in [0.29, 0.717) is 47.5 Å². The summed E-state index contributed by atoms with van der Waals surface area (Å²) in [6.45, 7) is 0.643. The average Bonchev–Trinajstić information content (AvgIpc) is 3.64. The second kappa shape index (κ2) is 8.47. The molecule has 5 aromatic heterocycles. The number of rotatable bonds is 5. The molecule has 1 saturated heterocycles. The van der Waals surface area contributed by atoms with E-state index < -0.39 is 0 Å². The first-order chi connectivity index (χ1) is 16.8. The van der Waals surface area contributed by atoms with E-state index in [1.54, 1.807) is 29.2 Å². The molecule has 0 aromatic carbocycles. The van der Waals surface area contributed by atoms with Crippen molar-refractivity contribution in [2.75, 3.05) is 6.54 Å². The van der Waals surface area contributed by atoms with Crippen LogP contribution in [0.25, 0.3) is 28.6 Å². The molecule has 168 valence electrons. The van der Waals surface area contributed by atoms with Crippen molar-refractivity contribution in [3.8, 4) is 23.0 Å². The summed E-state index contributed by atoms with van der Waals surface area (Å²) in [5, 5.41) is 8.68. The van der Waals surface area contributed by atoms with Gasteiger partial charge in [-0.3, -0.25) is 9.78 Å². The van der Waals surface area contributed by atoms with E-state index in [2.05, 4.69) is 30.2 Å². The standard InChI is InChI=1S/C24H20N8O2/c33-24(20-18-9-2-4-14-32(18)29-21(20)23-26-11-6-12-27-23)31-13-5-7-16(31)15-19-28-22(30-34-19)17-8-1-3-10-25-17/h1-4,6,8-12,14,16H,5,7,13,15H2/t16-/m0/s1. The molecule has 10 nitrogen and oxygen atoms in total. The summed E-state index contributed by atoms with van der Waals surface area (Å²) in [7, 11) is 0. The fourth-order valence-corrected chi connectivity index (χ4v) is 4.38. The van der Waals surface area contributed by atoms with E-state index in [1.165, 1.54) is 0 Å². The number of amides is 1. The summed E-state index contributed by atoms with van der Waals surface area (Å²) >= 11 is 0. The smallest absolute Gasteiger partial charge is 0.258 e. The molecule has 1 amide bonds. The van der Waals surface area contributed by atoms with Gasteiger partial charge in [-0.2, -0.15) is 10.1 Å². The lowest BCUT2D eigenvalue weighted by Gasteiger charge is -2.23. The van der Waals surface area contributed by atoms with Crippen molar-refractivity contribution >= 4 is 11.4 Å². The van der Waals surface area contributed by atoms with Crippen molar-refractivity contribution in [2.45, 2.75) is 25.3 Å². The van der Waals surface area contributed by atoms with Crippen molar-refractivity contribution in [3.63, 3.8) is 0 Å². The number of pyridine rings is 2. The van der Waals surface area contributed by atoms with Crippen LogP contribution in [0.15, 0.2) is 71.8 Å². The van der Waals surface area contributed by atoms with Crippen LogP contribution in [0.5, 0.6) is 0 Å². The third kappa shape index (κ3) is 3.58. The Kier molecular flexibility index (Phi) is 5.02. The van der Waals surface area contributed by atoms with E-state index in [9.17, 15) is 4.79 Å². The van der Waals surface area contributed by atoms with Gasteiger partial charge in [0.15, 0.2) is 5.82 Å². The highest BCUT2D eigenvalue weighted by Gasteiger charge is 2.34. The molecule has 0 aliphatic carbocycles. The topological polar surface area (TPSA) is 115 Å². The molecule has 0 N–H and O–H groups in total. The molecule has 34 heavy (non-hydrogen) atoms. The molecule has 10 heteroatoms. The van der Waals surface area contributed by atoms with Gasteiger partial charge in [0.05, 0.1) is 11.1 Å². The van der Waals surface area contributed by atoms with E-state index in [4.69, 9.17) is 4.52 Å². The number of fused-ring (bicyclic) bond motifs is 1. The Labute approximate surface area is 194 Å². The molecule has 0 radical (unpaired) electrons. The fourth-order valence-electron chi connectivity index (χ4n) is 4.38. The lowest BCUT2D eigenvalue weighted by atomic mass is 10.1. The van der Waals surface area contributed by atoms with Crippen LogP contribution in [-0.4, -0.2) is 58.1 Å². The van der Waals surface area contributed by atoms with Crippen LogP contribution in [0.3, 0.4) is 0 Å². The zero-order chi connectivity index (χ0) is 22.9. The van der Waals surface area contributed by atoms with Gasteiger partial charge in [0, 0.05) is 43.8 Å². The Morgan fingerprint density at radius 1 is 1.00 bits per heavy atom. The van der Waals surface area contributed by atoms with Crippen molar-refractivity contribution in [3.05, 3.63) is 78.7 Å². The molecular formula is C24H20N8O2. The van der Waals surface area contributed by atoms with Gasteiger partial charge in [-0.15, -0.1) is 0 Å². The normalized spacial score (nSPS) is 15.8. The van der Waals surface area contributed by atoms with Crippen molar-refractivity contribution in [1.29, 1.82) is 0 Å². The fraction of sp³-hybridized carbons (Fsp3) is 0.208. The van der Waals surface area contributed by atoms with Crippen LogP contribution in [0.1, 0.15) is 29.1 Å². The van der Waals surface area contributed by atoms with Gasteiger partial charge in [0.2, 0.25) is 11.7 Å². The Balaban J connectivity index is 1.32. The quantitative estimate of drug-likeness (QED) is 0.400. The van der Waals surface area contributed by atoms with Crippen molar-refractivity contribution < 1.29 is 9.32 Å². The largest absolute Gasteiger partial charge is 0.339 e. The highest BCUT2D eigenvalue weighted by molar-refractivity contribution is 6.06. The first-order valence-electron chi connectivity index (χ1n) is 11.1. The number of hydrogen-bond acceptors (Lipinski definition) is 8. The predicted molar refractivity (Wildman–Crippen MR) is 122 cm³/mol. The highest BCUT2D eigenvalue weighted by Crippen LogP contribution is 2.29. The third-order valence-corrected chi connectivity index (χ3v) is 5.94. The minimum atomic E-state index is -0.101. The number of likely N-dealkylation sites (tertiary alicyclic amines) is 1. The molecule has 0 spiro atoms. The van der Waals surface area contributed by atoms with Gasteiger partial charge in [-0.25, -0.2) is 14.5 Å². The Morgan fingerprint density at radius 3 is 2.71 bits per heavy atom. The van der Waals surface area contributed by atoms with Crippen LogP contribution in [0.4, 0.5) is 0 Å². The second-order valence-corrected chi connectivity index (χ2v) is 8.05. The number of aromatic nitrogens is 7. The lowest BCUT2D eigenvalue weighted by Crippen LogP contribution is -2.37. The van der Waals surface area contributed by atoms with Crippen molar-refractivity contribution in [2.24, 2.45) is 0 Å². The molecule has 6 heterocycles. The second-order valence-electron chi connectivity index (χ2n) is 8.05. The first-order valence-corrected chi connectivity index (χ1v) is 11.1. The third-order valence-electron chi connectivity index (χ3n) is 5.94. The Bertz CT molecular complexity index is 1450. The number of carbonyl (C=O) groups is 1. The summed E-state index contributed by atoms with van der Waals surface area (Å²) in [6, 6.07) is 12.9. The van der Waals surface area contributed by atoms with E-state index in [-0.39, 0.29) is 11.9 Å². The Morgan fingerprint density at radius 2 is 1.85 bits per heavy atom. The van der Waals surface area contributed by atoms with Gasteiger partial charge in [0.1, 0.15) is 11.4 Å². The summed E-state index contributed by atoms with van der Waals surface area (Å²) in [5.41, 5.74) is 2.34. The highest BCUT2D eigenvalue weighted by atomic mass is 16.5. The maximum absolute atomic E-state index is 13.9. The molecule has 0 unspecified atom stereocenters. The minimum Gasteiger partial charge on any atom is -0.339 e. The number of carbonyl (C=O) groups excluding carboxylic acids is 1. The van der Waals surface area contributed by atoms with Gasteiger partial charge in [-0.05, 0) is 43.2 Å². The minimum absolute atomic E-state index is 0.0623. The maximum atomic E-state index is 13.9. The van der Waals surface area contributed by atoms with Gasteiger partial charge < -0.3 is 9.42 Å². The molecule has 1 aliphatic heterocycles. The van der Waals surface area contributed by atoms with Crippen LogP contribution in [-0.2, 0) is 6.42 Å². The summed E-state index contributed by atoms with van der Waals surface area (Å²) < 4.78 is 7.18. The molecule has 1 fully saturated rings. The monoisotopic (exact) mass is 452 g/mol. The Hall–Kier alpha value is -4.47. The molecule has 1 atom stereocenters. The molecule has 0 bridgehead atoms. The molecule has 1 aliphatic rings. The molecule has 6 rings (SSSR count). The van der Waals surface area contributed by atoms with Gasteiger partial charge in [-0.1, -0.05) is 17.3 Å². The van der Waals surface area contributed by atoms with E-state index >= 15 is 0 Å². The van der Waals surface area contributed by atoms with E-state index in [1.807, 2.05) is 47.5 Å². The maximum Gasteiger partial charge on any atom is 0.258 e. The van der Waals surface area contributed by atoms with E-state index in [0.717, 1.165) is 18.4 Å². The zero-order valence-electron chi connectivity index (χ0n) is 18.2. The lowest BCUT2D eigenvalue weighted by molar-refractivity contribution is 0.0734. The van der Waals surface area contributed by atoms with Crippen molar-refractivity contribution in [1.82, 2.24) is 39.6 Å². The molecular weight excluding hydrogens is 432 g/mol. The SMILES string of the molecule is O=C(c1c(-c2ncccn2)nn2ccccc12)N1CCC[C@H]1Cc1nc(-c2ccccn2)no1. The molecule has 0 saturated carbocycles. The average molecular weight is 452 g/mol. The summed E-state index contributed by atoms with van der Waals surface area (Å²) in [4.78, 5) is 33.2. The van der Waals surface area contributed by atoms with Crippen LogP contribution in [0.2, 0.25) is 0 Å². The van der Waals surface area contributed by atoms with Crippen LogP contribution in [0, 0.1) is 0 Å². The summed E-state index contributed by atoms with van der Waals surface area (Å²) in [5.74, 6) is 1.24. The zero-order valence-corrected chi connectivity index (χ0v) is 18.2. The van der Waals surface area contributed by atoms with Crippen LogP contribution < -0.4 is 0 Å².